The molecule has 1 nitrogen and oxygen atoms in total. The number of carbonyl (C=O) groups excluding carboxylic acids is 1. The van der Waals surface area contributed by atoms with Crippen molar-refractivity contribution in [3.8, 4) is 11.1 Å². The summed E-state index contributed by atoms with van der Waals surface area (Å²) in [6, 6.07) is 20.8. The summed E-state index contributed by atoms with van der Waals surface area (Å²) in [6.07, 6.45) is 0. The van der Waals surface area contributed by atoms with E-state index in [1.807, 2.05) is 12.1 Å². The molecule has 0 saturated carbocycles. The first kappa shape index (κ1) is 11.0. The van der Waals surface area contributed by atoms with Crippen LogP contribution in [0.1, 0.15) is 0 Å². The Morgan fingerprint density at radius 1 is 0.733 bits per heavy atom. The Morgan fingerprint density at radius 3 is 1.27 bits per heavy atom. The van der Waals surface area contributed by atoms with Crippen molar-refractivity contribution in [2.75, 3.05) is 0 Å². The SMILES string of the molecule is C=C=O.c1ccc(-c2ccccc2)cc1. The van der Waals surface area contributed by atoms with Crippen molar-refractivity contribution in [2.24, 2.45) is 0 Å². The van der Waals surface area contributed by atoms with Gasteiger partial charge in [-0.15, -0.1) is 0 Å². The van der Waals surface area contributed by atoms with Crippen LogP contribution in [0.2, 0.25) is 0 Å². The van der Waals surface area contributed by atoms with Gasteiger partial charge < -0.3 is 0 Å². The lowest BCUT2D eigenvalue weighted by Crippen LogP contribution is -1.73. The molecule has 2 aromatic carbocycles. The van der Waals surface area contributed by atoms with Gasteiger partial charge in [-0.25, -0.2) is 4.79 Å². The van der Waals surface area contributed by atoms with E-state index in [1.54, 1.807) is 0 Å². The summed E-state index contributed by atoms with van der Waals surface area (Å²) in [6.45, 7) is 2.68. The van der Waals surface area contributed by atoms with E-state index in [0.717, 1.165) is 0 Å². The van der Waals surface area contributed by atoms with Gasteiger partial charge in [0, 0.05) is 0 Å². The molecule has 0 aliphatic carbocycles. The van der Waals surface area contributed by atoms with Crippen LogP contribution in [-0.2, 0) is 4.79 Å². The molecule has 1 heteroatoms. The van der Waals surface area contributed by atoms with Gasteiger partial charge in [-0.2, -0.15) is 0 Å². The molecular formula is C14H12O. The molecule has 0 atom stereocenters. The zero-order valence-corrected chi connectivity index (χ0v) is 8.39. The standard InChI is InChI=1S/C12H10.C2H2O/c1-3-7-11(8-4-1)12-9-5-2-6-10-12;1-2-3/h1-10H;1H2. The molecule has 74 valence electrons. The van der Waals surface area contributed by atoms with Crippen LogP contribution in [0.5, 0.6) is 0 Å². The van der Waals surface area contributed by atoms with Crippen molar-refractivity contribution in [1.82, 2.24) is 0 Å². The number of hydrogen-bond acceptors (Lipinski definition) is 1. The zero-order valence-electron chi connectivity index (χ0n) is 8.39. The van der Waals surface area contributed by atoms with Crippen LogP contribution < -0.4 is 0 Å². The first-order valence-corrected chi connectivity index (χ1v) is 4.63. The molecule has 0 unspecified atom stereocenters. The third-order valence-corrected chi connectivity index (χ3v) is 1.88. The summed E-state index contributed by atoms with van der Waals surface area (Å²) in [5.41, 5.74) is 2.55. The van der Waals surface area contributed by atoms with Crippen LogP contribution in [0.25, 0.3) is 11.1 Å². The Morgan fingerprint density at radius 2 is 1.00 bits per heavy atom. The Hall–Kier alpha value is -2.11. The highest BCUT2D eigenvalue weighted by Gasteiger charge is 1.91. The quantitative estimate of drug-likeness (QED) is 0.639. The molecule has 0 N–H and O–H groups in total. The van der Waals surface area contributed by atoms with Crippen LogP contribution in [0.4, 0.5) is 0 Å². The van der Waals surface area contributed by atoms with Crippen LogP contribution in [0.3, 0.4) is 0 Å². The normalized spacial score (nSPS) is 8.27. The minimum atomic E-state index is 1.25. The Bertz CT molecular complexity index is 374. The fourth-order valence-electron chi connectivity index (χ4n) is 1.26. The summed E-state index contributed by atoms with van der Waals surface area (Å²) in [5, 5.41) is 0. The second kappa shape index (κ2) is 6.36. The molecule has 2 aromatic rings. The lowest BCUT2D eigenvalue weighted by molar-refractivity contribution is 0.569. The second-order valence-electron chi connectivity index (χ2n) is 2.88. The molecule has 15 heavy (non-hydrogen) atoms. The maximum absolute atomic E-state index is 8.57. The summed E-state index contributed by atoms with van der Waals surface area (Å²) >= 11 is 0. The van der Waals surface area contributed by atoms with E-state index in [9.17, 15) is 0 Å². The van der Waals surface area contributed by atoms with Gasteiger partial charge in [0.2, 0.25) is 0 Å². The fourth-order valence-corrected chi connectivity index (χ4v) is 1.26. The second-order valence-corrected chi connectivity index (χ2v) is 2.88. The maximum atomic E-state index is 8.57. The van der Waals surface area contributed by atoms with Crippen molar-refractivity contribution in [1.29, 1.82) is 0 Å². The number of benzene rings is 2. The molecule has 0 aliphatic rings. The summed E-state index contributed by atoms with van der Waals surface area (Å²) in [7, 11) is 0. The van der Waals surface area contributed by atoms with Gasteiger partial charge in [0.25, 0.3) is 0 Å². The van der Waals surface area contributed by atoms with Gasteiger partial charge in [-0.3, -0.25) is 0 Å². The largest absolute Gasteiger partial charge is 0.234 e. The number of rotatable bonds is 1. The van der Waals surface area contributed by atoms with Crippen molar-refractivity contribution in [2.45, 2.75) is 0 Å². The monoisotopic (exact) mass is 196 g/mol. The lowest BCUT2D eigenvalue weighted by atomic mass is 10.1. The first-order valence-electron chi connectivity index (χ1n) is 4.63. The Labute approximate surface area is 89.7 Å². The van der Waals surface area contributed by atoms with E-state index < -0.39 is 0 Å². The van der Waals surface area contributed by atoms with Crippen molar-refractivity contribution < 1.29 is 4.79 Å². The highest BCUT2D eigenvalue weighted by atomic mass is 16.1. The molecule has 2 rings (SSSR count). The third kappa shape index (κ3) is 3.63. The van der Waals surface area contributed by atoms with Crippen molar-refractivity contribution in [3.05, 3.63) is 67.2 Å². The molecule has 0 heterocycles. The number of hydrogen-bond donors (Lipinski definition) is 0. The Kier molecular flexibility index (Phi) is 4.65. The van der Waals surface area contributed by atoms with Crippen LogP contribution in [0, 0.1) is 0 Å². The van der Waals surface area contributed by atoms with E-state index in [2.05, 4.69) is 55.1 Å². The molecule has 0 fully saturated rings. The van der Waals surface area contributed by atoms with Gasteiger partial charge in [0.05, 0.1) is 0 Å². The Balaban J connectivity index is 0.000000337. The van der Waals surface area contributed by atoms with Crippen molar-refractivity contribution >= 4 is 5.94 Å². The van der Waals surface area contributed by atoms with Crippen LogP contribution in [-0.4, -0.2) is 5.94 Å². The fraction of sp³-hybridized carbons (Fsp3) is 0. The van der Waals surface area contributed by atoms with E-state index in [4.69, 9.17) is 4.79 Å². The first-order chi connectivity index (χ1) is 7.38. The van der Waals surface area contributed by atoms with Gasteiger partial charge in [-0.05, 0) is 17.7 Å². The topological polar surface area (TPSA) is 17.1 Å². The smallest absolute Gasteiger partial charge is 0.116 e. The predicted molar refractivity (Wildman–Crippen MR) is 63.2 cm³/mol. The van der Waals surface area contributed by atoms with Gasteiger partial charge in [-0.1, -0.05) is 60.7 Å². The van der Waals surface area contributed by atoms with E-state index in [-0.39, 0.29) is 0 Å². The predicted octanol–water partition coefficient (Wildman–Crippen LogP) is 3.36. The van der Waals surface area contributed by atoms with Crippen molar-refractivity contribution in [3.63, 3.8) is 0 Å². The summed E-state index contributed by atoms with van der Waals surface area (Å²) in [5.74, 6) is 1.25. The van der Waals surface area contributed by atoms with E-state index in [1.165, 1.54) is 17.1 Å². The molecule has 0 aromatic heterocycles. The maximum Gasteiger partial charge on any atom is 0.116 e. The molecule has 0 saturated heterocycles. The molecule has 0 radical (unpaired) electrons. The molecule has 0 aliphatic heterocycles. The van der Waals surface area contributed by atoms with Crippen LogP contribution in [0.15, 0.2) is 67.2 Å². The van der Waals surface area contributed by atoms with Crippen LogP contribution >= 0.6 is 0 Å². The summed E-state index contributed by atoms with van der Waals surface area (Å²) < 4.78 is 0. The van der Waals surface area contributed by atoms with E-state index >= 15 is 0 Å². The average Bonchev–Trinajstić information content (AvgIpc) is 2.32. The zero-order chi connectivity index (χ0) is 10.9. The summed E-state index contributed by atoms with van der Waals surface area (Å²) in [4.78, 5) is 8.57. The van der Waals surface area contributed by atoms with Gasteiger partial charge in [0.1, 0.15) is 5.94 Å². The molecule has 0 bridgehead atoms. The highest BCUT2D eigenvalue weighted by Crippen LogP contribution is 2.17. The highest BCUT2D eigenvalue weighted by molar-refractivity contribution is 5.62. The van der Waals surface area contributed by atoms with Gasteiger partial charge >= 0.3 is 0 Å². The molecule has 0 spiro atoms. The molecule has 0 amide bonds. The minimum absolute atomic E-state index is 1.25. The lowest BCUT2D eigenvalue weighted by Gasteiger charge is -1.98. The third-order valence-electron chi connectivity index (χ3n) is 1.88. The minimum Gasteiger partial charge on any atom is -0.234 e. The average molecular weight is 196 g/mol. The van der Waals surface area contributed by atoms with E-state index in [0.29, 0.717) is 0 Å². The van der Waals surface area contributed by atoms with Gasteiger partial charge in [0.15, 0.2) is 0 Å². The molecular weight excluding hydrogens is 184 g/mol.